The van der Waals surface area contributed by atoms with E-state index in [-0.39, 0.29) is 43.4 Å². The number of ether oxygens (including phenoxy) is 2. The third kappa shape index (κ3) is 34.2. The summed E-state index contributed by atoms with van der Waals surface area (Å²) in [4.78, 5) is 42.0. The summed E-state index contributed by atoms with van der Waals surface area (Å²) in [5, 5.41) is 22.2. The maximum absolute atomic E-state index is 12.4. The quantitative estimate of drug-likeness (QED) is 0.0601. The van der Waals surface area contributed by atoms with Crippen molar-refractivity contribution in [3.63, 3.8) is 0 Å². The molecule has 0 spiro atoms. The number of carbonyl (C=O) groups is 4. The molecule has 2 radical (unpaired) electrons. The Morgan fingerprint density at radius 2 is 1.05 bits per heavy atom. The lowest BCUT2D eigenvalue weighted by Crippen LogP contribution is -2.44. The van der Waals surface area contributed by atoms with Crippen LogP contribution in [0.3, 0.4) is 0 Å². The van der Waals surface area contributed by atoms with Crippen molar-refractivity contribution in [1.29, 1.82) is 10.5 Å². The number of nitrogens with zero attached hydrogens (tertiary/aromatic N) is 3. The number of nitrogens with one attached hydrogen (secondary N) is 2. The molecule has 2 amide bonds. The molecule has 0 saturated carbocycles. The smallest absolute Gasteiger partial charge is 0.388 e. The highest BCUT2D eigenvalue weighted by atomic mass is 79.9. The Balaban J connectivity index is 0.000000387. The second-order valence-electron chi connectivity index (χ2n) is 21.7. The molecular formula is C67H67BBr6F12N6O6. The zero-order valence-electron chi connectivity index (χ0n) is 53.0. The van der Waals surface area contributed by atoms with Gasteiger partial charge in [0, 0.05) is 72.2 Å². The Bertz CT molecular complexity index is 3520. The van der Waals surface area contributed by atoms with Crippen LogP contribution in [0, 0.1) is 22.7 Å². The van der Waals surface area contributed by atoms with Crippen LogP contribution in [0.2, 0.25) is 0 Å². The van der Waals surface area contributed by atoms with Gasteiger partial charge in [-0.1, -0.05) is 184 Å². The van der Waals surface area contributed by atoms with Crippen molar-refractivity contribution < 1.29 is 81.3 Å². The molecule has 4 N–H and O–H groups in total. The van der Waals surface area contributed by atoms with Gasteiger partial charge in [-0.25, -0.2) is 9.59 Å². The fraction of sp³-hybridized carbons (Fsp3) is 0.373. The molecule has 1 fully saturated rings. The summed E-state index contributed by atoms with van der Waals surface area (Å²) in [7, 11) is 5.31. The van der Waals surface area contributed by atoms with Crippen LogP contribution in [0.5, 0.6) is 0 Å². The molecular weight excluding hydrogens is 1700 g/mol. The molecule has 3 heterocycles. The van der Waals surface area contributed by atoms with E-state index in [2.05, 4.69) is 162 Å². The van der Waals surface area contributed by atoms with Crippen molar-refractivity contribution in [2.24, 2.45) is 5.73 Å². The van der Waals surface area contributed by atoms with Crippen LogP contribution in [-0.2, 0) is 48.2 Å². The lowest BCUT2D eigenvalue weighted by molar-refractivity contribution is -0.221. The van der Waals surface area contributed by atoms with Gasteiger partial charge in [-0.15, -0.1) is 0 Å². The van der Waals surface area contributed by atoms with Crippen molar-refractivity contribution in [3.05, 3.63) is 205 Å². The number of hydrogen-bond acceptors (Lipinski definition) is 10. The number of fused-ring (bicyclic) bond motifs is 2. The fourth-order valence-corrected chi connectivity index (χ4v) is 10.3. The van der Waals surface area contributed by atoms with Gasteiger partial charge in [0.25, 0.3) is 0 Å². The largest absolute Gasteiger partial charge is 0.491 e. The first-order valence-corrected chi connectivity index (χ1v) is 34.1. The molecule has 6 aromatic carbocycles. The number of alkyl halides is 12. The summed E-state index contributed by atoms with van der Waals surface area (Å²) in [5.41, 5.74) is 14.5. The third-order valence-electron chi connectivity index (χ3n) is 13.9. The maximum atomic E-state index is 12.4. The highest BCUT2D eigenvalue weighted by Crippen LogP contribution is 2.33. The molecule has 3 aliphatic heterocycles. The van der Waals surface area contributed by atoms with Crippen LogP contribution in [0.1, 0.15) is 122 Å². The van der Waals surface area contributed by atoms with Crippen molar-refractivity contribution in [1.82, 2.24) is 15.5 Å². The van der Waals surface area contributed by atoms with Gasteiger partial charge < -0.3 is 30.7 Å². The minimum atomic E-state index is -5.62. The van der Waals surface area contributed by atoms with Gasteiger partial charge in [0.2, 0.25) is 0 Å². The minimum Gasteiger partial charge on any atom is -0.388 e. The molecule has 3 aliphatic rings. The first-order chi connectivity index (χ1) is 45.6. The second-order valence-corrected chi connectivity index (χ2v) is 27.2. The zero-order chi connectivity index (χ0) is 74.3. The van der Waals surface area contributed by atoms with Crippen LogP contribution in [0.15, 0.2) is 160 Å². The number of amides is 2. The van der Waals surface area contributed by atoms with E-state index in [4.69, 9.17) is 28.8 Å². The summed E-state index contributed by atoms with van der Waals surface area (Å²) < 4.78 is 154. The molecule has 0 bridgehead atoms. The van der Waals surface area contributed by atoms with Crippen LogP contribution < -0.4 is 16.4 Å². The predicted molar refractivity (Wildman–Crippen MR) is 371 cm³/mol. The van der Waals surface area contributed by atoms with E-state index in [0.717, 1.165) is 87.6 Å². The van der Waals surface area contributed by atoms with Gasteiger partial charge in [-0.05, 0) is 167 Å². The number of carbonyl (C=O) groups excluding carboxylic acids is 4. The predicted octanol–water partition coefficient (Wildman–Crippen LogP) is 18.9. The maximum Gasteiger partial charge on any atom is 0.491 e. The van der Waals surface area contributed by atoms with Gasteiger partial charge in [0.05, 0.1) is 24.5 Å². The second kappa shape index (κ2) is 43.2. The van der Waals surface area contributed by atoms with E-state index in [1.807, 2.05) is 92.0 Å². The zero-order valence-corrected chi connectivity index (χ0v) is 62.5. The first-order valence-electron chi connectivity index (χ1n) is 29.3. The Morgan fingerprint density at radius 3 is 1.44 bits per heavy atom. The molecule has 0 aliphatic carbocycles. The van der Waals surface area contributed by atoms with Crippen molar-refractivity contribution in [2.75, 3.05) is 32.8 Å². The topological polar surface area (TPSA) is 188 Å². The lowest BCUT2D eigenvalue weighted by Gasteiger charge is -2.33. The van der Waals surface area contributed by atoms with Gasteiger partial charge in [-0.2, -0.15) is 63.2 Å². The average molecular weight is 1770 g/mol. The number of nitrogens with two attached hydrogens (primary N) is 1. The number of rotatable bonds is 7. The van der Waals surface area contributed by atoms with Gasteiger partial charge in [-0.3, -0.25) is 9.59 Å². The summed E-state index contributed by atoms with van der Waals surface area (Å²) >= 11 is 20.1. The molecule has 530 valence electrons. The summed E-state index contributed by atoms with van der Waals surface area (Å²) in [6.07, 6.45) is -18.2. The van der Waals surface area contributed by atoms with Gasteiger partial charge in [0.15, 0.2) is 0 Å². The van der Waals surface area contributed by atoms with E-state index < -0.39 is 48.5 Å². The van der Waals surface area contributed by atoms with E-state index >= 15 is 0 Å². The molecule has 6 atom stereocenters. The number of esters is 2. The highest BCUT2D eigenvalue weighted by molar-refractivity contribution is 9.11. The van der Waals surface area contributed by atoms with Crippen LogP contribution in [0.4, 0.5) is 52.7 Å². The van der Waals surface area contributed by atoms with Crippen molar-refractivity contribution in [3.8, 4) is 12.1 Å². The monoisotopic (exact) mass is 1760 g/mol. The molecule has 6 aromatic rings. The van der Waals surface area contributed by atoms with E-state index in [9.17, 15) is 71.9 Å². The average Bonchev–Trinajstić information content (AvgIpc) is 0.815. The Kier molecular flexibility index (Phi) is 39.0. The number of halogens is 18. The first kappa shape index (κ1) is 88.5. The van der Waals surface area contributed by atoms with Gasteiger partial charge >= 0.3 is 48.5 Å². The van der Waals surface area contributed by atoms with E-state index in [1.165, 1.54) is 21.2 Å². The van der Waals surface area contributed by atoms with Crippen LogP contribution >= 0.6 is 95.6 Å². The number of benzene rings is 6. The van der Waals surface area contributed by atoms with E-state index in [1.54, 1.807) is 37.3 Å². The van der Waals surface area contributed by atoms with Crippen LogP contribution in [0.25, 0.3) is 0 Å². The lowest BCUT2D eigenvalue weighted by atomic mass is 9.91. The number of nitriles is 2. The third-order valence-corrected chi connectivity index (χ3v) is 17.0. The highest BCUT2D eigenvalue weighted by Gasteiger charge is 2.49. The fourth-order valence-electron chi connectivity index (χ4n) is 8.47. The molecule has 6 unspecified atom stereocenters. The Hall–Kier alpha value is -5.64. The van der Waals surface area contributed by atoms with Crippen LogP contribution in [-0.4, -0.2) is 100.0 Å². The minimum absolute atomic E-state index is 0.0110. The summed E-state index contributed by atoms with van der Waals surface area (Å²) in [5.74, 6) is -9.22. The Morgan fingerprint density at radius 1 is 0.622 bits per heavy atom. The van der Waals surface area contributed by atoms with Gasteiger partial charge in [0.1, 0.15) is 7.85 Å². The van der Waals surface area contributed by atoms with Crippen molar-refractivity contribution in [2.45, 2.75) is 127 Å². The number of hydrogen-bond donors (Lipinski definition) is 3. The molecule has 1 saturated heterocycles. The summed E-state index contributed by atoms with van der Waals surface area (Å²) in [6, 6.07) is 47.4. The summed E-state index contributed by atoms with van der Waals surface area (Å²) in [6.45, 7) is 13.6. The standard InChI is InChI=1S/C12H11BrF3NO.C11H11BrF3NO.C10H12BrN.C9H12BrN.C9H8BrN.C8H6BrN.C4H7BO.C4F6O3/c1-7-5-17(11(18)12(14,15)16)6-8-4-9(13)2-3-10(7)8;1-7(6-16-10(17)11(13,14)15)8-2-4-9(12)5-3-8;1-7-5-12-6-8-4-9(11)2-3-10(7)8;2*1-7(6-11)8-2-4-9(10)5-3-8;9-8-3-1-7(2-4-8)5-6-10;5-4-2-1-3-6-4;5-3(6,7)1(11)13-2(12)4(8,9)10/h2-4,7H,5-6H2,1H3;2-5,7H,6H2,1H3,(H,16,17);2-4,7,12H,5-6H2,1H3;2-5,7H,6,11H2,1H3;2-5,7H,1H3;1-4H,5H2;4H,1-3H2;. The Labute approximate surface area is 612 Å². The molecule has 31 heteroatoms. The molecule has 12 nitrogen and oxygen atoms in total. The normalized spacial score (nSPS) is 16.1. The van der Waals surface area contributed by atoms with E-state index in [0.29, 0.717) is 24.8 Å². The molecule has 98 heavy (non-hydrogen) atoms. The molecule has 0 aromatic heterocycles. The SMILES string of the molecule is CC(C#N)c1ccc(Br)cc1.CC(CN)c1ccc(Br)cc1.CC(CNC(=O)C(F)(F)F)c1ccc(Br)cc1.CC1CN(C(=O)C(F)(F)F)Cc2cc(Br)ccc21.CC1CNCc2cc(Br)ccc21.N#CCc1ccc(Br)cc1.O=C(OC(=O)C(F)(F)F)C(F)(F)F.[B]C1CCCO1. The molecule has 9 rings (SSSR count). The van der Waals surface area contributed by atoms with Crippen molar-refractivity contribution >= 4 is 127 Å².